The Bertz CT molecular complexity index is 3920. The van der Waals surface area contributed by atoms with Crippen LogP contribution in [0, 0.1) is 47.3 Å². The maximum absolute atomic E-state index is 14.3. The minimum Gasteiger partial charge on any atom is -0.462 e. The molecule has 12 aliphatic heterocycles. The highest BCUT2D eigenvalue weighted by Crippen LogP contribution is 2.51. The van der Waals surface area contributed by atoms with Gasteiger partial charge in [0.15, 0.2) is 36.7 Å². The number of ether oxygens (including phenoxy) is 20. The molecule has 8 fully saturated rings. The number of methoxy groups -OCH3 is 4. The van der Waals surface area contributed by atoms with E-state index in [2.05, 4.69) is 79.7 Å². The Hall–Kier alpha value is -4.62. The molecule has 28 nitrogen and oxygen atoms in total. The van der Waals surface area contributed by atoms with Crippen molar-refractivity contribution in [2.75, 3.05) is 41.7 Å². The number of aliphatic hydroxyl groups excluding tert-OH is 4. The van der Waals surface area contributed by atoms with Gasteiger partial charge < -0.3 is 125 Å². The Labute approximate surface area is 726 Å². The molecule has 8 saturated heterocycles. The standard InChI is InChI=1S/C48H72O14.C47H70O14/c1-11-25(2)43-28(5)17-18-47(62-43)23-34-20-33(61-47)16-15-27(4)42(26(3)13-12-14-32-24-55-45-40(49)29(6)19-35(46(51)58-34)48(32,45)52)59-39-22-37(54-10)44(31(8)57-39)60-38-21-36(53-9)41(50)30(7)56-38;1-24(2)41-27(5)16-17-46(61-41)22-33-19-32(60-46)15-14-26(4)42(25(3)12-11-13-31-23-54-44-39(48)28(6)18-34(45(50)57-33)47(31,44)51)58-38-21-36(53-10)43(30(8)56-38)59-37-20-35(52-9)40(49)29(7)55-37/h12-15,17-19,25-26,28,30-31,33-45,49-50,52H,11,16,20-24H2,1-10H3;11-14,16-18,24-25,27,29-30,32-44,48-49,51H,15,19-23H2,1-10H3/b13-12+,27-15+,32-14+;12-11-,26-14-,31-13?/t25-,26-,28-,30-,31-,33+,34-,35-,36-,37-,38-,39-,40+,41-,42-,43+,44-,45+,47+,48+;25-,27-,29-,30-,32+,33-,34-,35-,36-,37-,38-,39+,40-,41+,42-,43-,44+,46+,47+/m00/s1. The van der Waals surface area contributed by atoms with Crippen molar-refractivity contribution in [2.24, 2.45) is 47.3 Å². The molecule has 0 radical (unpaired) electrons. The molecule has 0 aromatic heterocycles. The fourth-order valence-corrected chi connectivity index (χ4v) is 21.0. The highest BCUT2D eigenvalue weighted by molar-refractivity contribution is 5.79. The summed E-state index contributed by atoms with van der Waals surface area (Å²) in [6, 6.07) is 0. The van der Waals surface area contributed by atoms with Gasteiger partial charge in [-0.15, -0.1) is 0 Å². The van der Waals surface area contributed by atoms with Crippen molar-refractivity contribution < 1.29 is 135 Å². The van der Waals surface area contributed by atoms with E-state index in [9.17, 15) is 40.2 Å². The van der Waals surface area contributed by atoms with Crippen molar-refractivity contribution in [1.29, 1.82) is 0 Å². The van der Waals surface area contributed by atoms with E-state index < -0.39 is 182 Å². The molecule has 4 bridgehead atoms. The summed E-state index contributed by atoms with van der Waals surface area (Å²) in [6.07, 6.45) is 16.1. The van der Waals surface area contributed by atoms with E-state index in [0.717, 1.165) is 17.6 Å². The van der Waals surface area contributed by atoms with E-state index in [1.54, 1.807) is 80.4 Å². The second kappa shape index (κ2) is 40.4. The van der Waals surface area contributed by atoms with Gasteiger partial charge in [-0.2, -0.15) is 0 Å². The summed E-state index contributed by atoms with van der Waals surface area (Å²) in [4.78, 5) is 28.6. The van der Waals surface area contributed by atoms with Gasteiger partial charge in [-0.1, -0.05) is 135 Å². The predicted molar refractivity (Wildman–Crippen MR) is 450 cm³/mol. The van der Waals surface area contributed by atoms with Crippen LogP contribution in [0.15, 0.2) is 119 Å². The molecule has 123 heavy (non-hydrogen) atoms. The third-order valence-electron chi connectivity index (χ3n) is 28.5. The van der Waals surface area contributed by atoms with Crippen LogP contribution in [0.1, 0.15) is 181 Å². The fourth-order valence-electron chi connectivity index (χ4n) is 21.0. The number of allylic oxidation sites excluding steroid dienone is 4. The number of carbonyl (C=O) groups excluding carboxylic acids is 2. The van der Waals surface area contributed by atoms with Gasteiger partial charge >= 0.3 is 11.9 Å². The summed E-state index contributed by atoms with van der Waals surface area (Å²) in [5, 5.41) is 68.4. The van der Waals surface area contributed by atoms with Crippen molar-refractivity contribution in [3.63, 3.8) is 0 Å². The smallest absolute Gasteiger partial charge is 0.316 e. The molecular weight excluding hydrogens is 1590 g/mol. The topological polar surface area (TPSA) is 340 Å². The maximum atomic E-state index is 14.3. The van der Waals surface area contributed by atoms with Crippen LogP contribution in [-0.4, -0.2) is 279 Å². The zero-order valence-corrected chi connectivity index (χ0v) is 75.7. The summed E-state index contributed by atoms with van der Waals surface area (Å²) in [7, 11) is 6.44. The number of aliphatic hydroxyl groups is 6. The number of fused-ring (bicyclic) bond motifs is 4. The Morgan fingerprint density at radius 1 is 0.455 bits per heavy atom. The first-order valence-electron chi connectivity index (χ1n) is 45.2. The van der Waals surface area contributed by atoms with Crippen molar-refractivity contribution in [1.82, 2.24) is 0 Å². The average molecular weight is 1730 g/mol. The molecule has 2 spiro atoms. The van der Waals surface area contributed by atoms with Crippen LogP contribution in [0.25, 0.3) is 0 Å². The van der Waals surface area contributed by atoms with Crippen molar-refractivity contribution in [3.05, 3.63) is 119 Å². The molecule has 12 heterocycles. The van der Waals surface area contributed by atoms with Crippen LogP contribution in [0.3, 0.4) is 0 Å². The van der Waals surface area contributed by atoms with Gasteiger partial charge in [0.05, 0.1) is 98.7 Å². The third kappa shape index (κ3) is 20.6. The molecular formula is C95H142O28. The van der Waals surface area contributed by atoms with Crippen LogP contribution >= 0.6 is 0 Å². The van der Waals surface area contributed by atoms with Gasteiger partial charge in [0.2, 0.25) is 0 Å². The highest BCUT2D eigenvalue weighted by atomic mass is 16.8. The molecule has 39 atom stereocenters. The molecule has 0 amide bonds. The van der Waals surface area contributed by atoms with Gasteiger partial charge in [0, 0.05) is 103 Å². The van der Waals surface area contributed by atoms with Crippen LogP contribution in [0.2, 0.25) is 0 Å². The third-order valence-corrected chi connectivity index (χ3v) is 28.5. The van der Waals surface area contributed by atoms with Gasteiger partial charge in [-0.05, 0) is 126 Å². The average Bonchev–Trinajstić information content (AvgIpc) is 1.61. The second-order valence-electron chi connectivity index (χ2n) is 37.8. The Balaban J connectivity index is 0.000000212. The highest BCUT2D eigenvalue weighted by Gasteiger charge is 2.63. The number of hydrogen-bond acceptors (Lipinski definition) is 28. The number of rotatable bonds is 15. The zero-order valence-electron chi connectivity index (χ0n) is 75.7. The van der Waals surface area contributed by atoms with Crippen LogP contribution in [0.4, 0.5) is 0 Å². The molecule has 14 aliphatic rings. The first-order valence-corrected chi connectivity index (χ1v) is 45.2. The van der Waals surface area contributed by atoms with E-state index >= 15 is 0 Å². The second-order valence-corrected chi connectivity index (χ2v) is 37.8. The quantitative estimate of drug-likeness (QED) is 0.0655. The summed E-state index contributed by atoms with van der Waals surface area (Å²) < 4.78 is 127. The van der Waals surface area contributed by atoms with Crippen molar-refractivity contribution >= 4 is 11.9 Å². The monoisotopic (exact) mass is 1730 g/mol. The summed E-state index contributed by atoms with van der Waals surface area (Å²) in [6.45, 7) is 32.1. The van der Waals surface area contributed by atoms with Crippen molar-refractivity contribution in [3.8, 4) is 0 Å². The lowest BCUT2D eigenvalue weighted by Crippen LogP contribution is -2.58. The largest absolute Gasteiger partial charge is 0.462 e. The number of esters is 2. The minimum atomic E-state index is -1.84. The minimum absolute atomic E-state index is 0.0313. The zero-order chi connectivity index (χ0) is 88.6. The molecule has 0 saturated carbocycles. The van der Waals surface area contributed by atoms with Crippen LogP contribution in [0.5, 0.6) is 0 Å². The SMILES string of the molecule is CC[C@H](C)[C@H]1O[C@]2(C=C[C@@H]1C)C[C@@H]1C[C@@H](C/C=C(\C)[C@@H](O[C@H]3C[C@H](OC)[C@@H](O[C@H]4C[C@H](OC)[C@@H](O)[C@H](C)O4)[C@H](C)O3)[C@@H](C)/C=C/C=C3\CO[C@@H]4[C@H](O)C(C)=C[C@@H](C(=O)O1)[C@]34O)O2.CO[C@H]1C[C@H](O[C@H]2[C@H](C)O[C@@H](O[C@@H]3/C(C)=C\C[C@@H]4C[C@@H](C[C@]5(C=C[C@H](C)[C@@H](C(C)C)O5)O4)OC(=O)[C@@H]4C=C(C)[C@@H](O)[C@H]5OCC(=C/C=C\[C@@H]3C)[C@]54O)C[C@@H]2OC)O[C@@H](C)[C@@H]1O. The van der Waals surface area contributed by atoms with Crippen molar-refractivity contribution in [2.45, 2.75) is 376 Å². The van der Waals surface area contributed by atoms with E-state index in [-0.39, 0.29) is 85.3 Å². The Kier molecular flexibility index (Phi) is 31.5. The first-order chi connectivity index (χ1) is 58.5. The molecule has 0 aromatic rings. The molecule has 28 heteroatoms. The van der Waals surface area contributed by atoms with Gasteiger partial charge in [-0.3, -0.25) is 9.59 Å². The first kappa shape index (κ1) is 95.9. The molecule has 690 valence electrons. The van der Waals surface area contributed by atoms with Crippen LogP contribution in [-0.2, 0) is 104 Å². The molecule has 6 N–H and O–H groups in total. The molecule has 14 rings (SSSR count). The molecule has 2 aliphatic carbocycles. The molecule has 0 unspecified atom stereocenters. The van der Waals surface area contributed by atoms with Gasteiger partial charge in [0.25, 0.3) is 0 Å². The Morgan fingerprint density at radius 2 is 0.829 bits per heavy atom. The van der Waals surface area contributed by atoms with E-state index in [1.807, 2.05) is 64.2 Å². The maximum Gasteiger partial charge on any atom is 0.316 e. The lowest BCUT2D eigenvalue weighted by Gasteiger charge is -2.48. The fraction of sp³-hybridized carbons (Fsp3) is 0.768. The normalized spacial score (nSPS) is 48.8. The summed E-state index contributed by atoms with van der Waals surface area (Å²) >= 11 is 0. The van der Waals surface area contributed by atoms with Gasteiger partial charge in [0.1, 0.15) is 84.1 Å². The lowest BCUT2D eigenvalue weighted by atomic mass is 9.71. The molecule has 0 aromatic carbocycles. The predicted octanol–water partition coefficient (Wildman–Crippen LogP) is 10.4. The van der Waals surface area contributed by atoms with Crippen LogP contribution < -0.4 is 0 Å². The van der Waals surface area contributed by atoms with E-state index in [4.69, 9.17) is 94.7 Å². The number of carbonyl (C=O) groups is 2. The summed E-state index contributed by atoms with van der Waals surface area (Å²) in [5.41, 5.74) is 0.263. The van der Waals surface area contributed by atoms with E-state index in [1.165, 1.54) is 0 Å². The van der Waals surface area contributed by atoms with Gasteiger partial charge in [-0.25, -0.2) is 0 Å². The van der Waals surface area contributed by atoms with E-state index in [0.29, 0.717) is 86.5 Å². The Morgan fingerprint density at radius 3 is 1.22 bits per heavy atom. The number of hydrogen-bond donors (Lipinski definition) is 6. The lowest BCUT2D eigenvalue weighted by molar-refractivity contribution is -0.318. The summed E-state index contributed by atoms with van der Waals surface area (Å²) in [5.74, 6) is -5.18.